The topological polar surface area (TPSA) is 49.4 Å². The summed E-state index contributed by atoms with van der Waals surface area (Å²) in [5, 5.41) is 9.26. The molecule has 4 heteroatoms. The zero-order valence-corrected chi connectivity index (χ0v) is 11.4. The van der Waals surface area contributed by atoms with E-state index in [1.165, 1.54) is 20.0 Å². The van der Waals surface area contributed by atoms with Crippen LogP contribution in [0.25, 0.3) is 0 Å². The number of carboxylic acids is 1. The summed E-state index contributed by atoms with van der Waals surface area (Å²) >= 11 is 0. The van der Waals surface area contributed by atoms with Crippen LogP contribution in [0.2, 0.25) is 0 Å². The molecule has 0 aliphatic rings. The molecule has 0 radical (unpaired) electrons. The summed E-state index contributed by atoms with van der Waals surface area (Å²) in [6.07, 6.45) is 0.111. The van der Waals surface area contributed by atoms with E-state index in [0.717, 1.165) is 24.2 Å². The third-order valence-electron chi connectivity index (χ3n) is 2.80. The van der Waals surface area contributed by atoms with Crippen LogP contribution in [0.3, 0.4) is 0 Å². The standard InChI is InChI=1S/C9H22NO.C3H6O2/c1-5-10(4,6-2)8-9-11-7-3;1-2-3(4)5/h5-9H2,1-4H3;2H2,1H3,(H,4,5)/q+1;/p-1. The van der Waals surface area contributed by atoms with Gasteiger partial charge in [-0.15, -0.1) is 0 Å². The van der Waals surface area contributed by atoms with Crippen LogP contribution in [-0.2, 0) is 9.53 Å². The van der Waals surface area contributed by atoms with Crippen LogP contribution in [0.4, 0.5) is 0 Å². The molecule has 0 aromatic heterocycles. The first-order valence-electron chi connectivity index (χ1n) is 6.06. The largest absolute Gasteiger partial charge is 0.550 e. The molecule has 4 nitrogen and oxygen atoms in total. The summed E-state index contributed by atoms with van der Waals surface area (Å²) in [6, 6.07) is 0. The number of nitrogens with zero attached hydrogens (tertiary/aromatic N) is 1. The van der Waals surface area contributed by atoms with Gasteiger partial charge in [-0.05, 0) is 27.2 Å². The Hall–Kier alpha value is -0.610. The lowest BCUT2D eigenvalue weighted by molar-refractivity contribution is -0.906. The number of aliphatic carboxylic acids is 1. The van der Waals surface area contributed by atoms with Crippen molar-refractivity contribution >= 4 is 5.97 Å². The molecule has 0 N–H and O–H groups in total. The van der Waals surface area contributed by atoms with Gasteiger partial charge in [0.2, 0.25) is 0 Å². The molecule has 0 heterocycles. The summed E-state index contributed by atoms with van der Waals surface area (Å²) in [7, 11) is 2.28. The highest BCUT2D eigenvalue weighted by Gasteiger charge is 2.14. The highest BCUT2D eigenvalue weighted by atomic mass is 16.5. The van der Waals surface area contributed by atoms with Crippen LogP contribution in [0.1, 0.15) is 34.1 Å². The number of rotatable bonds is 7. The molecule has 16 heavy (non-hydrogen) atoms. The van der Waals surface area contributed by atoms with Gasteiger partial charge in [0.1, 0.15) is 6.54 Å². The van der Waals surface area contributed by atoms with E-state index >= 15 is 0 Å². The van der Waals surface area contributed by atoms with Crippen molar-refractivity contribution in [3.8, 4) is 0 Å². The van der Waals surface area contributed by atoms with E-state index < -0.39 is 5.97 Å². The molecular formula is C12H27NO3. The maximum absolute atomic E-state index is 9.26. The van der Waals surface area contributed by atoms with Crippen LogP contribution in [0.15, 0.2) is 0 Å². The summed E-state index contributed by atoms with van der Waals surface area (Å²) in [4.78, 5) is 9.26. The number of hydrogen-bond donors (Lipinski definition) is 0. The Morgan fingerprint density at radius 2 is 1.62 bits per heavy atom. The molecule has 0 atom stereocenters. The number of carbonyl (C=O) groups excluding carboxylic acids is 1. The van der Waals surface area contributed by atoms with E-state index in [0.29, 0.717) is 0 Å². The smallest absolute Gasteiger partial charge is 0.102 e. The summed E-state index contributed by atoms with van der Waals surface area (Å²) in [5.74, 6) is -0.995. The zero-order chi connectivity index (χ0) is 13.0. The predicted molar refractivity (Wildman–Crippen MR) is 63.9 cm³/mol. The third-order valence-corrected chi connectivity index (χ3v) is 2.80. The first kappa shape index (κ1) is 17.8. The number of quaternary nitrogens is 1. The zero-order valence-electron chi connectivity index (χ0n) is 11.4. The number of carbonyl (C=O) groups is 1. The molecule has 0 aliphatic carbocycles. The molecule has 0 rings (SSSR count). The van der Waals surface area contributed by atoms with Crippen molar-refractivity contribution in [2.75, 3.05) is 39.9 Å². The number of likely N-dealkylation sites (N-methyl/N-ethyl adjacent to an activating group) is 1. The van der Waals surface area contributed by atoms with Crippen LogP contribution in [-0.4, -0.2) is 50.3 Å². The lowest BCUT2D eigenvalue weighted by atomic mass is 10.4. The SMILES string of the molecule is CCC(=O)[O-].CCOCC[N+](C)(CC)CC. The Kier molecular flexibility index (Phi) is 12.1. The van der Waals surface area contributed by atoms with Crippen molar-refractivity contribution in [2.24, 2.45) is 0 Å². The molecule has 0 saturated carbocycles. The van der Waals surface area contributed by atoms with Crippen LogP contribution < -0.4 is 5.11 Å². The Labute approximate surface area is 99.8 Å². The molecule has 0 unspecified atom stereocenters. The first-order chi connectivity index (χ1) is 7.45. The Bertz CT molecular complexity index is 168. The van der Waals surface area contributed by atoms with Gasteiger partial charge in [0.15, 0.2) is 0 Å². The van der Waals surface area contributed by atoms with Crippen LogP contribution >= 0.6 is 0 Å². The molecule has 0 bridgehead atoms. The Morgan fingerprint density at radius 1 is 1.19 bits per heavy atom. The molecule has 0 amide bonds. The van der Waals surface area contributed by atoms with Crippen molar-refractivity contribution in [3.63, 3.8) is 0 Å². The van der Waals surface area contributed by atoms with Gasteiger partial charge in [-0.3, -0.25) is 0 Å². The lowest BCUT2D eigenvalue weighted by Crippen LogP contribution is -2.45. The number of carboxylic acid groups (broad SMARTS) is 1. The predicted octanol–water partition coefficient (Wildman–Crippen LogP) is 0.656. The summed E-state index contributed by atoms with van der Waals surface area (Å²) < 4.78 is 6.44. The van der Waals surface area contributed by atoms with E-state index in [2.05, 4.69) is 20.9 Å². The molecule has 0 saturated heterocycles. The average Bonchev–Trinajstić information content (AvgIpc) is 2.30. The summed E-state index contributed by atoms with van der Waals surface area (Å²) in [5.41, 5.74) is 0. The fourth-order valence-electron chi connectivity index (χ4n) is 0.969. The summed E-state index contributed by atoms with van der Waals surface area (Å²) in [6.45, 7) is 13.3. The van der Waals surface area contributed by atoms with Gasteiger partial charge < -0.3 is 19.1 Å². The Balaban J connectivity index is 0. The second kappa shape index (κ2) is 10.9. The van der Waals surface area contributed by atoms with Gasteiger partial charge in [0.25, 0.3) is 0 Å². The van der Waals surface area contributed by atoms with Crippen molar-refractivity contribution in [3.05, 3.63) is 0 Å². The van der Waals surface area contributed by atoms with Gasteiger partial charge >= 0.3 is 0 Å². The average molecular weight is 233 g/mol. The number of ether oxygens (including phenoxy) is 1. The lowest BCUT2D eigenvalue weighted by Gasteiger charge is -2.31. The van der Waals surface area contributed by atoms with Gasteiger partial charge in [-0.25, -0.2) is 0 Å². The van der Waals surface area contributed by atoms with Crippen molar-refractivity contribution in [1.82, 2.24) is 0 Å². The van der Waals surface area contributed by atoms with E-state index in [1.807, 2.05) is 6.92 Å². The molecule has 0 spiro atoms. The molecule has 0 aromatic carbocycles. The minimum absolute atomic E-state index is 0.111. The highest BCUT2D eigenvalue weighted by Crippen LogP contribution is 1.99. The van der Waals surface area contributed by atoms with Gasteiger partial charge in [0.05, 0.1) is 26.7 Å². The maximum atomic E-state index is 9.26. The molecule has 98 valence electrons. The highest BCUT2D eigenvalue weighted by molar-refractivity contribution is 5.63. The van der Waals surface area contributed by atoms with Crippen molar-refractivity contribution in [1.29, 1.82) is 0 Å². The quantitative estimate of drug-likeness (QED) is 0.479. The minimum atomic E-state index is -0.995. The molecule has 0 aromatic rings. The monoisotopic (exact) mass is 233 g/mol. The van der Waals surface area contributed by atoms with Crippen molar-refractivity contribution in [2.45, 2.75) is 34.1 Å². The maximum Gasteiger partial charge on any atom is 0.102 e. The Morgan fingerprint density at radius 3 is 1.88 bits per heavy atom. The third kappa shape index (κ3) is 11.5. The van der Waals surface area contributed by atoms with Crippen LogP contribution in [0.5, 0.6) is 0 Å². The normalized spacial score (nSPS) is 10.6. The molecule has 0 aliphatic heterocycles. The van der Waals surface area contributed by atoms with E-state index in [1.54, 1.807) is 0 Å². The van der Waals surface area contributed by atoms with Crippen LogP contribution in [0, 0.1) is 0 Å². The van der Waals surface area contributed by atoms with Gasteiger partial charge in [0, 0.05) is 12.6 Å². The second-order valence-corrected chi connectivity index (χ2v) is 3.90. The van der Waals surface area contributed by atoms with Gasteiger partial charge in [-0.1, -0.05) is 6.92 Å². The molecule has 0 fully saturated rings. The van der Waals surface area contributed by atoms with E-state index in [4.69, 9.17) is 4.74 Å². The second-order valence-electron chi connectivity index (χ2n) is 3.90. The van der Waals surface area contributed by atoms with E-state index in [9.17, 15) is 9.90 Å². The van der Waals surface area contributed by atoms with E-state index in [-0.39, 0.29) is 6.42 Å². The number of hydrogen-bond acceptors (Lipinski definition) is 3. The molecular weight excluding hydrogens is 206 g/mol. The fraction of sp³-hybridized carbons (Fsp3) is 0.917. The first-order valence-corrected chi connectivity index (χ1v) is 6.06. The van der Waals surface area contributed by atoms with Gasteiger partial charge in [-0.2, -0.15) is 0 Å². The fourth-order valence-corrected chi connectivity index (χ4v) is 0.969. The van der Waals surface area contributed by atoms with Crippen molar-refractivity contribution < 1.29 is 19.1 Å². The minimum Gasteiger partial charge on any atom is -0.550 e.